The first-order chi connectivity index (χ1) is 10.3. The van der Waals surface area contributed by atoms with Crippen molar-refractivity contribution in [1.82, 2.24) is 4.98 Å². The van der Waals surface area contributed by atoms with E-state index in [2.05, 4.69) is 22.9 Å². The van der Waals surface area contributed by atoms with Crippen LogP contribution in [0.4, 0.5) is 11.5 Å². The van der Waals surface area contributed by atoms with Crippen LogP contribution in [-0.2, 0) is 13.0 Å². The van der Waals surface area contributed by atoms with E-state index in [4.69, 9.17) is 10.5 Å². The van der Waals surface area contributed by atoms with Crippen molar-refractivity contribution >= 4 is 11.5 Å². The molecule has 0 spiro atoms. The second kappa shape index (κ2) is 6.04. The second-order valence-corrected chi connectivity index (χ2v) is 5.33. The summed E-state index contributed by atoms with van der Waals surface area (Å²) in [7, 11) is 0. The van der Waals surface area contributed by atoms with Gasteiger partial charge in [0.1, 0.15) is 0 Å². The van der Waals surface area contributed by atoms with Gasteiger partial charge in [-0.2, -0.15) is 0 Å². The van der Waals surface area contributed by atoms with Gasteiger partial charge in [-0.15, -0.1) is 0 Å². The number of nitrogens with zero attached hydrogens (tertiary/aromatic N) is 2. The zero-order chi connectivity index (χ0) is 14.7. The molecular formula is C17H21N3O. The van der Waals surface area contributed by atoms with Crippen molar-refractivity contribution < 1.29 is 4.74 Å². The Balaban J connectivity index is 1.88. The summed E-state index contributed by atoms with van der Waals surface area (Å²) >= 11 is 0. The summed E-state index contributed by atoms with van der Waals surface area (Å²) in [5.74, 6) is 1.78. The number of rotatable bonds is 4. The summed E-state index contributed by atoms with van der Waals surface area (Å²) in [4.78, 5) is 6.77. The molecule has 110 valence electrons. The lowest BCUT2D eigenvalue weighted by molar-refractivity contribution is 0.316. The fourth-order valence-electron chi connectivity index (χ4n) is 2.73. The summed E-state index contributed by atoms with van der Waals surface area (Å²) in [5, 5.41) is 0. The molecule has 4 heteroatoms. The lowest BCUT2D eigenvalue weighted by atomic mass is 9.98. The van der Waals surface area contributed by atoms with E-state index in [9.17, 15) is 0 Å². The second-order valence-electron chi connectivity index (χ2n) is 5.33. The molecule has 1 aromatic carbocycles. The number of pyridine rings is 1. The number of hydrogen-bond donors (Lipinski definition) is 1. The van der Waals surface area contributed by atoms with Crippen molar-refractivity contribution in [1.29, 1.82) is 0 Å². The van der Waals surface area contributed by atoms with Crippen LogP contribution in [-0.4, -0.2) is 18.1 Å². The number of hydrogen-bond acceptors (Lipinski definition) is 4. The van der Waals surface area contributed by atoms with Gasteiger partial charge in [-0.25, -0.2) is 4.98 Å². The van der Waals surface area contributed by atoms with E-state index >= 15 is 0 Å². The molecule has 1 aliphatic rings. The maximum atomic E-state index is 6.12. The molecule has 0 atom stereocenters. The number of ether oxygens (including phenoxy) is 1. The maximum absolute atomic E-state index is 6.12. The van der Waals surface area contributed by atoms with Crippen molar-refractivity contribution in [2.75, 3.05) is 23.8 Å². The van der Waals surface area contributed by atoms with Gasteiger partial charge in [0.05, 0.1) is 6.61 Å². The van der Waals surface area contributed by atoms with Crippen LogP contribution in [0.5, 0.6) is 5.75 Å². The van der Waals surface area contributed by atoms with Gasteiger partial charge >= 0.3 is 0 Å². The standard InChI is InChI=1S/C17H21N3O/c1-2-11-21-16-7-4-9-19-17(16)20-10-8-13-5-3-6-15(18)14(13)12-20/h3-7,9H,2,8,10-12,18H2,1H3. The van der Waals surface area contributed by atoms with E-state index in [1.54, 1.807) is 0 Å². The lowest BCUT2D eigenvalue weighted by Crippen LogP contribution is -2.32. The van der Waals surface area contributed by atoms with Crippen molar-refractivity contribution in [2.45, 2.75) is 26.3 Å². The highest BCUT2D eigenvalue weighted by Crippen LogP contribution is 2.32. The minimum Gasteiger partial charge on any atom is -0.490 e. The molecule has 2 N–H and O–H groups in total. The van der Waals surface area contributed by atoms with Crippen LogP contribution in [0.2, 0.25) is 0 Å². The van der Waals surface area contributed by atoms with Crippen molar-refractivity contribution in [3.05, 3.63) is 47.7 Å². The first kappa shape index (κ1) is 13.7. The molecule has 2 heterocycles. The van der Waals surface area contributed by atoms with Crippen LogP contribution in [0, 0.1) is 0 Å². The first-order valence-corrected chi connectivity index (χ1v) is 7.48. The number of anilines is 2. The van der Waals surface area contributed by atoms with Crippen LogP contribution in [0.15, 0.2) is 36.5 Å². The quantitative estimate of drug-likeness (QED) is 0.876. The molecule has 0 radical (unpaired) electrons. The van der Waals surface area contributed by atoms with Crippen LogP contribution >= 0.6 is 0 Å². The van der Waals surface area contributed by atoms with Crippen LogP contribution in [0.3, 0.4) is 0 Å². The largest absolute Gasteiger partial charge is 0.490 e. The van der Waals surface area contributed by atoms with Gasteiger partial charge < -0.3 is 15.4 Å². The topological polar surface area (TPSA) is 51.4 Å². The number of nitrogens with two attached hydrogens (primary N) is 1. The molecule has 0 fully saturated rings. The third-order valence-corrected chi connectivity index (χ3v) is 3.82. The molecule has 21 heavy (non-hydrogen) atoms. The Labute approximate surface area is 125 Å². The highest BCUT2D eigenvalue weighted by atomic mass is 16.5. The molecule has 4 nitrogen and oxygen atoms in total. The minimum absolute atomic E-state index is 0.714. The SMILES string of the molecule is CCCOc1cccnc1N1CCc2cccc(N)c2C1. The summed E-state index contributed by atoms with van der Waals surface area (Å²) in [6, 6.07) is 10.1. The van der Waals surface area contributed by atoms with Gasteiger partial charge in [0.15, 0.2) is 11.6 Å². The lowest BCUT2D eigenvalue weighted by Gasteiger charge is -2.31. The summed E-state index contributed by atoms with van der Waals surface area (Å²) < 4.78 is 5.82. The van der Waals surface area contributed by atoms with Gasteiger partial charge in [0.2, 0.25) is 0 Å². The normalized spacial score (nSPS) is 13.9. The molecule has 0 saturated heterocycles. The number of aromatic nitrogens is 1. The number of nitrogen functional groups attached to an aromatic ring is 1. The van der Waals surface area contributed by atoms with Crippen LogP contribution < -0.4 is 15.4 Å². The maximum Gasteiger partial charge on any atom is 0.171 e. The third-order valence-electron chi connectivity index (χ3n) is 3.82. The zero-order valence-corrected chi connectivity index (χ0v) is 12.4. The van der Waals surface area contributed by atoms with Gasteiger partial charge in [-0.3, -0.25) is 0 Å². The van der Waals surface area contributed by atoms with Crippen molar-refractivity contribution in [2.24, 2.45) is 0 Å². The average molecular weight is 283 g/mol. The molecule has 0 unspecified atom stereocenters. The molecule has 0 bridgehead atoms. The molecule has 3 rings (SSSR count). The van der Waals surface area contributed by atoms with E-state index in [1.165, 1.54) is 11.1 Å². The molecule has 1 aromatic heterocycles. The Morgan fingerprint density at radius 3 is 3.05 bits per heavy atom. The van der Waals surface area contributed by atoms with E-state index in [0.717, 1.165) is 43.2 Å². The van der Waals surface area contributed by atoms with Crippen molar-refractivity contribution in [3.8, 4) is 5.75 Å². The van der Waals surface area contributed by atoms with Crippen LogP contribution in [0.25, 0.3) is 0 Å². The summed E-state index contributed by atoms with van der Waals surface area (Å²) in [6.07, 6.45) is 3.80. The molecule has 2 aromatic rings. The van der Waals surface area contributed by atoms with E-state index in [-0.39, 0.29) is 0 Å². The van der Waals surface area contributed by atoms with E-state index in [0.29, 0.717) is 6.61 Å². The Morgan fingerprint density at radius 1 is 1.29 bits per heavy atom. The number of benzene rings is 1. The van der Waals surface area contributed by atoms with E-state index < -0.39 is 0 Å². The molecular weight excluding hydrogens is 262 g/mol. The smallest absolute Gasteiger partial charge is 0.171 e. The Morgan fingerprint density at radius 2 is 2.19 bits per heavy atom. The molecule has 1 aliphatic heterocycles. The molecule has 0 amide bonds. The fourth-order valence-corrected chi connectivity index (χ4v) is 2.73. The average Bonchev–Trinajstić information content (AvgIpc) is 2.53. The van der Waals surface area contributed by atoms with Crippen LogP contribution in [0.1, 0.15) is 24.5 Å². The Bertz CT molecular complexity index is 627. The summed E-state index contributed by atoms with van der Waals surface area (Å²) in [5.41, 5.74) is 9.55. The monoisotopic (exact) mass is 283 g/mol. The van der Waals surface area contributed by atoms with Gasteiger partial charge in [0, 0.05) is 25.0 Å². The highest BCUT2D eigenvalue weighted by molar-refractivity contribution is 5.58. The third kappa shape index (κ3) is 2.79. The fraction of sp³-hybridized carbons (Fsp3) is 0.353. The Hall–Kier alpha value is -2.23. The molecule has 0 aliphatic carbocycles. The minimum atomic E-state index is 0.714. The highest BCUT2D eigenvalue weighted by Gasteiger charge is 2.21. The first-order valence-electron chi connectivity index (χ1n) is 7.48. The predicted molar refractivity (Wildman–Crippen MR) is 85.6 cm³/mol. The van der Waals surface area contributed by atoms with E-state index in [1.807, 2.05) is 30.5 Å². The zero-order valence-electron chi connectivity index (χ0n) is 12.4. The van der Waals surface area contributed by atoms with Gasteiger partial charge in [-0.1, -0.05) is 19.1 Å². The van der Waals surface area contributed by atoms with Gasteiger partial charge in [0.25, 0.3) is 0 Å². The number of fused-ring (bicyclic) bond motifs is 1. The molecule has 0 saturated carbocycles. The van der Waals surface area contributed by atoms with Gasteiger partial charge in [-0.05, 0) is 42.2 Å². The van der Waals surface area contributed by atoms with Crippen molar-refractivity contribution in [3.63, 3.8) is 0 Å². The predicted octanol–water partition coefficient (Wildman–Crippen LogP) is 3.02. The Kier molecular flexibility index (Phi) is 3.95. The summed E-state index contributed by atoms with van der Waals surface area (Å²) in [6.45, 7) is 4.55.